The highest BCUT2D eigenvalue weighted by atomic mass is 32.2. The Labute approximate surface area is 243 Å². The Morgan fingerprint density at radius 1 is 0.857 bits per heavy atom. The average molecular weight is 581 g/mol. The number of nitrogens with one attached hydrogen (secondary N) is 1. The molecule has 0 bridgehead atoms. The largest absolute Gasteiger partial charge is 0.481 e. The number of nitrogens with zero attached hydrogens (tertiary/aromatic N) is 1. The SMILES string of the molecule is O=C(O)CC(CNC(=O)c1cccc2c1-c1ccccc1C2=O)c1ccc2c(c1)CN(S(=O)(=O)c1ccccc1)CC2. The first-order valence-corrected chi connectivity index (χ1v) is 15.1. The standard InChI is InChI=1S/C33H28N2O6S/c36-30(37)18-23(19-34-33(39)29-12-6-11-28-31(29)26-9-4-5-10-27(26)32(28)38)22-14-13-21-15-16-35(20-24(21)17-22)42(40,41)25-7-2-1-3-8-25/h1-14,17,23H,15-16,18-20H2,(H,34,39)(H,36,37). The van der Waals surface area contributed by atoms with Crippen LogP contribution in [-0.4, -0.2) is 48.6 Å². The van der Waals surface area contributed by atoms with Crippen molar-refractivity contribution in [3.8, 4) is 11.1 Å². The lowest BCUT2D eigenvalue weighted by atomic mass is 9.90. The summed E-state index contributed by atoms with van der Waals surface area (Å²) in [6, 6.07) is 26.1. The summed E-state index contributed by atoms with van der Waals surface area (Å²) in [7, 11) is -3.68. The summed E-state index contributed by atoms with van der Waals surface area (Å²) >= 11 is 0. The minimum absolute atomic E-state index is 0.0508. The highest BCUT2D eigenvalue weighted by molar-refractivity contribution is 7.89. The van der Waals surface area contributed by atoms with Gasteiger partial charge in [0, 0.05) is 47.8 Å². The van der Waals surface area contributed by atoms with Gasteiger partial charge in [-0.15, -0.1) is 0 Å². The molecule has 6 rings (SSSR count). The summed E-state index contributed by atoms with van der Waals surface area (Å²) in [4.78, 5) is 38.3. The zero-order valence-corrected chi connectivity index (χ0v) is 23.4. The van der Waals surface area contributed by atoms with Crippen LogP contribution in [0.3, 0.4) is 0 Å². The van der Waals surface area contributed by atoms with Crippen molar-refractivity contribution in [3.05, 3.63) is 124 Å². The number of amides is 1. The summed E-state index contributed by atoms with van der Waals surface area (Å²) in [5.41, 5.74) is 5.19. The topological polar surface area (TPSA) is 121 Å². The molecule has 212 valence electrons. The van der Waals surface area contributed by atoms with Gasteiger partial charge in [0.25, 0.3) is 5.91 Å². The van der Waals surface area contributed by atoms with Gasteiger partial charge in [0.15, 0.2) is 5.78 Å². The minimum Gasteiger partial charge on any atom is -0.481 e. The molecule has 1 unspecified atom stereocenters. The number of hydrogen-bond acceptors (Lipinski definition) is 5. The highest BCUT2D eigenvalue weighted by Gasteiger charge is 2.31. The van der Waals surface area contributed by atoms with E-state index in [4.69, 9.17) is 0 Å². The van der Waals surface area contributed by atoms with E-state index < -0.39 is 27.8 Å². The van der Waals surface area contributed by atoms with Crippen LogP contribution in [0.4, 0.5) is 0 Å². The quantitative estimate of drug-likeness (QED) is 0.276. The monoisotopic (exact) mass is 580 g/mol. The van der Waals surface area contributed by atoms with E-state index in [0.717, 1.165) is 11.1 Å². The number of benzene rings is 4. The lowest BCUT2D eigenvalue weighted by molar-refractivity contribution is -0.137. The van der Waals surface area contributed by atoms with Crippen LogP contribution in [0.15, 0.2) is 95.9 Å². The van der Waals surface area contributed by atoms with Crippen LogP contribution in [0, 0.1) is 0 Å². The maximum absolute atomic E-state index is 13.4. The molecule has 0 spiro atoms. The van der Waals surface area contributed by atoms with Gasteiger partial charge in [-0.1, -0.05) is 72.8 Å². The van der Waals surface area contributed by atoms with E-state index >= 15 is 0 Å². The number of fused-ring (bicyclic) bond motifs is 4. The van der Waals surface area contributed by atoms with Crippen molar-refractivity contribution in [3.63, 3.8) is 0 Å². The summed E-state index contributed by atoms with van der Waals surface area (Å²) in [5.74, 6) is -2.09. The molecule has 8 nitrogen and oxygen atoms in total. The predicted molar refractivity (Wildman–Crippen MR) is 157 cm³/mol. The number of ketones is 1. The molecule has 1 atom stereocenters. The number of rotatable bonds is 8. The van der Waals surface area contributed by atoms with Crippen LogP contribution in [0.5, 0.6) is 0 Å². The molecule has 9 heteroatoms. The van der Waals surface area contributed by atoms with E-state index in [1.54, 1.807) is 60.7 Å². The fourth-order valence-electron chi connectivity index (χ4n) is 5.85. The predicted octanol–water partition coefficient (Wildman–Crippen LogP) is 4.63. The number of carboxylic acids is 1. The maximum atomic E-state index is 13.4. The van der Waals surface area contributed by atoms with E-state index in [9.17, 15) is 27.9 Å². The smallest absolute Gasteiger partial charge is 0.304 e. The highest BCUT2D eigenvalue weighted by Crippen LogP contribution is 2.39. The zero-order chi connectivity index (χ0) is 29.4. The van der Waals surface area contributed by atoms with Crippen molar-refractivity contribution in [1.82, 2.24) is 9.62 Å². The molecule has 4 aromatic rings. The maximum Gasteiger partial charge on any atom is 0.304 e. The number of carbonyl (C=O) groups excluding carboxylic acids is 2. The molecule has 0 aromatic heterocycles. The van der Waals surface area contributed by atoms with E-state index in [-0.39, 0.29) is 30.2 Å². The second-order valence-corrected chi connectivity index (χ2v) is 12.5. The Hall–Kier alpha value is -4.60. The Kier molecular flexibility index (Phi) is 7.22. The summed E-state index contributed by atoms with van der Waals surface area (Å²) < 4.78 is 27.9. The van der Waals surface area contributed by atoms with Crippen LogP contribution in [-0.2, 0) is 27.8 Å². The third kappa shape index (κ3) is 5.01. The fraction of sp³-hybridized carbons (Fsp3) is 0.182. The van der Waals surface area contributed by atoms with Gasteiger partial charge in [-0.25, -0.2) is 8.42 Å². The van der Waals surface area contributed by atoms with Gasteiger partial charge in [-0.3, -0.25) is 14.4 Å². The molecule has 42 heavy (non-hydrogen) atoms. The zero-order valence-electron chi connectivity index (χ0n) is 22.6. The number of carboxylic acid groups (broad SMARTS) is 1. The molecule has 1 amide bonds. The molecule has 0 radical (unpaired) electrons. The van der Waals surface area contributed by atoms with Crippen molar-refractivity contribution >= 4 is 27.7 Å². The molecule has 1 aliphatic heterocycles. The molecular formula is C33H28N2O6S. The van der Waals surface area contributed by atoms with Gasteiger partial charge >= 0.3 is 5.97 Å². The van der Waals surface area contributed by atoms with E-state index in [0.29, 0.717) is 46.3 Å². The Morgan fingerprint density at radius 2 is 1.57 bits per heavy atom. The van der Waals surface area contributed by atoms with Gasteiger partial charge in [-0.05, 0) is 46.9 Å². The average Bonchev–Trinajstić information content (AvgIpc) is 3.30. The first-order chi connectivity index (χ1) is 20.2. The molecule has 2 aliphatic rings. The van der Waals surface area contributed by atoms with Crippen molar-refractivity contribution in [2.75, 3.05) is 13.1 Å². The van der Waals surface area contributed by atoms with Crippen LogP contribution in [0.2, 0.25) is 0 Å². The Balaban J connectivity index is 1.24. The van der Waals surface area contributed by atoms with Crippen LogP contribution >= 0.6 is 0 Å². The molecule has 4 aromatic carbocycles. The van der Waals surface area contributed by atoms with Gasteiger partial charge in [-0.2, -0.15) is 4.31 Å². The molecule has 2 N–H and O–H groups in total. The number of hydrogen-bond donors (Lipinski definition) is 2. The van der Waals surface area contributed by atoms with Crippen molar-refractivity contribution < 1.29 is 27.9 Å². The van der Waals surface area contributed by atoms with Crippen molar-refractivity contribution in [2.45, 2.75) is 30.2 Å². The van der Waals surface area contributed by atoms with Gasteiger partial charge in [0.2, 0.25) is 10.0 Å². The lowest BCUT2D eigenvalue weighted by Gasteiger charge is -2.29. The number of sulfonamides is 1. The molecule has 1 aliphatic carbocycles. The molecule has 0 saturated heterocycles. The number of carbonyl (C=O) groups is 3. The van der Waals surface area contributed by atoms with E-state index in [1.807, 2.05) is 30.3 Å². The van der Waals surface area contributed by atoms with Gasteiger partial charge in [0.1, 0.15) is 0 Å². The van der Waals surface area contributed by atoms with Crippen LogP contribution < -0.4 is 5.32 Å². The minimum atomic E-state index is -3.68. The lowest BCUT2D eigenvalue weighted by Crippen LogP contribution is -2.36. The molecular weight excluding hydrogens is 552 g/mol. The Morgan fingerprint density at radius 3 is 2.33 bits per heavy atom. The molecule has 0 saturated carbocycles. The van der Waals surface area contributed by atoms with Gasteiger partial charge < -0.3 is 10.4 Å². The summed E-state index contributed by atoms with van der Waals surface area (Å²) in [6.45, 7) is 0.580. The Bertz CT molecular complexity index is 1830. The van der Waals surface area contributed by atoms with Crippen molar-refractivity contribution in [2.24, 2.45) is 0 Å². The second-order valence-electron chi connectivity index (χ2n) is 10.5. The molecule has 0 fully saturated rings. The third-order valence-electron chi connectivity index (χ3n) is 7.98. The first-order valence-electron chi connectivity index (χ1n) is 13.7. The fourth-order valence-corrected chi connectivity index (χ4v) is 7.29. The van der Waals surface area contributed by atoms with Crippen LogP contribution in [0.1, 0.15) is 55.3 Å². The third-order valence-corrected chi connectivity index (χ3v) is 9.84. The van der Waals surface area contributed by atoms with E-state index in [1.165, 1.54) is 4.31 Å². The van der Waals surface area contributed by atoms with Gasteiger partial charge in [0.05, 0.1) is 11.3 Å². The van der Waals surface area contributed by atoms with Crippen LogP contribution in [0.25, 0.3) is 11.1 Å². The summed E-state index contributed by atoms with van der Waals surface area (Å²) in [5, 5.41) is 12.6. The first kappa shape index (κ1) is 27.6. The molecule has 1 heterocycles. The van der Waals surface area contributed by atoms with Crippen molar-refractivity contribution in [1.29, 1.82) is 0 Å². The normalized spacial score (nSPS) is 14.9. The summed E-state index contributed by atoms with van der Waals surface area (Å²) in [6.07, 6.45) is 0.320. The van der Waals surface area contributed by atoms with E-state index in [2.05, 4.69) is 5.32 Å². The second kappa shape index (κ2) is 11.0. The number of aliphatic carboxylic acids is 1.